The molecule has 0 radical (unpaired) electrons. The Labute approximate surface area is 216 Å². The number of nitrogens with one attached hydrogen (secondary N) is 1. The summed E-state index contributed by atoms with van der Waals surface area (Å²) in [6, 6.07) is 28.8. The normalized spacial score (nSPS) is 11.2. The van der Waals surface area contributed by atoms with Crippen molar-refractivity contribution in [2.24, 2.45) is 5.10 Å². The molecule has 0 aliphatic heterocycles. The molecule has 5 rings (SSSR count). The molecule has 0 spiro atoms. The summed E-state index contributed by atoms with van der Waals surface area (Å²) in [7, 11) is 0. The number of carbonyl (C=O) groups excluding carboxylic acids is 2. The zero-order valence-electron chi connectivity index (χ0n) is 18.7. The molecule has 0 fully saturated rings. The molecule has 0 heterocycles. The summed E-state index contributed by atoms with van der Waals surface area (Å²) in [5.74, 6) is -0.718. The minimum Gasteiger partial charge on any atom is -0.422 e. The van der Waals surface area contributed by atoms with Crippen molar-refractivity contribution in [3.8, 4) is 5.75 Å². The first kappa shape index (κ1) is 23.5. The van der Waals surface area contributed by atoms with E-state index in [-0.39, 0.29) is 22.2 Å². The first-order chi connectivity index (χ1) is 17.5. The van der Waals surface area contributed by atoms with Gasteiger partial charge >= 0.3 is 5.97 Å². The van der Waals surface area contributed by atoms with Crippen molar-refractivity contribution in [1.82, 2.24) is 5.43 Å². The average Bonchev–Trinajstić information content (AvgIpc) is 2.89. The second kappa shape index (κ2) is 10.2. The fourth-order valence-corrected chi connectivity index (χ4v) is 4.43. The van der Waals surface area contributed by atoms with Crippen LogP contribution in [0.4, 0.5) is 0 Å². The van der Waals surface area contributed by atoms with Gasteiger partial charge in [0.2, 0.25) is 0 Å². The third kappa shape index (κ3) is 4.80. The Bertz CT molecular complexity index is 1660. The molecular formula is C29H18Cl2N2O3. The number of hydrazone groups is 1. The molecule has 7 heteroatoms. The van der Waals surface area contributed by atoms with Gasteiger partial charge in [-0.25, -0.2) is 10.2 Å². The Morgan fingerprint density at radius 2 is 1.44 bits per heavy atom. The lowest BCUT2D eigenvalue weighted by molar-refractivity contribution is 0.0734. The monoisotopic (exact) mass is 512 g/mol. The van der Waals surface area contributed by atoms with Crippen molar-refractivity contribution in [1.29, 1.82) is 0 Å². The van der Waals surface area contributed by atoms with Crippen LogP contribution in [0.5, 0.6) is 5.75 Å². The highest BCUT2D eigenvalue weighted by molar-refractivity contribution is 6.36. The van der Waals surface area contributed by atoms with Gasteiger partial charge in [0.05, 0.1) is 16.8 Å². The smallest absolute Gasteiger partial charge is 0.345 e. The summed E-state index contributed by atoms with van der Waals surface area (Å²) in [5, 5.41) is 8.29. The molecule has 0 saturated heterocycles. The molecule has 5 aromatic rings. The maximum absolute atomic E-state index is 12.9. The quantitative estimate of drug-likeness (QED) is 0.116. The predicted octanol–water partition coefficient (Wildman–Crippen LogP) is 7.28. The molecule has 0 unspecified atom stereocenters. The molecule has 0 atom stereocenters. The third-order valence-electron chi connectivity index (χ3n) is 5.68. The summed E-state index contributed by atoms with van der Waals surface area (Å²) in [4.78, 5) is 25.8. The largest absolute Gasteiger partial charge is 0.422 e. The zero-order chi connectivity index (χ0) is 25.1. The summed E-state index contributed by atoms with van der Waals surface area (Å²) < 4.78 is 5.69. The number of benzene rings is 5. The number of amides is 1. The number of carbonyl (C=O) groups is 2. The molecule has 5 aromatic carbocycles. The summed E-state index contributed by atoms with van der Waals surface area (Å²) in [6.07, 6.45) is 1.47. The van der Waals surface area contributed by atoms with E-state index in [9.17, 15) is 9.59 Å². The van der Waals surface area contributed by atoms with E-state index in [1.807, 2.05) is 66.7 Å². The van der Waals surface area contributed by atoms with Crippen LogP contribution in [-0.2, 0) is 0 Å². The molecule has 1 N–H and O–H groups in total. The second-order valence-electron chi connectivity index (χ2n) is 7.94. The van der Waals surface area contributed by atoms with Crippen molar-refractivity contribution >= 4 is 62.8 Å². The van der Waals surface area contributed by atoms with Crippen LogP contribution >= 0.6 is 23.2 Å². The minimum absolute atomic E-state index is 0.182. The molecule has 0 aromatic heterocycles. The number of ether oxygens (including phenoxy) is 1. The summed E-state index contributed by atoms with van der Waals surface area (Å²) >= 11 is 12.1. The molecule has 0 bridgehead atoms. The molecule has 36 heavy (non-hydrogen) atoms. The number of rotatable bonds is 5. The van der Waals surface area contributed by atoms with Crippen LogP contribution < -0.4 is 10.2 Å². The van der Waals surface area contributed by atoms with Crippen molar-refractivity contribution < 1.29 is 14.3 Å². The van der Waals surface area contributed by atoms with Crippen molar-refractivity contribution in [2.75, 3.05) is 0 Å². The van der Waals surface area contributed by atoms with Crippen LogP contribution in [0, 0.1) is 0 Å². The van der Waals surface area contributed by atoms with Crippen LogP contribution in [0.2, 0.25) is 10.0 Å². The lowest BCUT2D eigenvalue weighted by Gasteiger charge is -2.11. The van der Waals surface area contributed by atoms with E-state index in [2.05, 4.69) is 10.5 Å². The minimum atomic E-state index is -0.638. The lowest BCUT2D eigenvalue weighted by Crippen LogP contribution is -2.18. The molecule has 1 amide bonds. The van der Waals surface area contributed by atoms with Crippen LogP contribution in [0.15, 0.2) is 102 Å². The predicted molar refractivity (Wildman–Crippen MR) is 144 cm³/mol. The Morgan fingerprint density at radius 1 is 0.750 bits per heavy atom. The molecule has 0 saturated carbocycles. The topological polar surface area (TPSA) is 67.8 Å². The van der Waals surface area contributed by atoms with Gasteiger partial charge in [0, 0.05) is 16.1 Å². The first-order valence-electron chi connectivity index (χ1n) is 11.0. The van der Waals surface area contributed by atoms with Gasteiger partial charge in [0.25, 0.3) is 5.91 Å². The van der Waals surface area contributed by atoms with E-state index in [1.165, 1.54) is 18.3 Å². The maximum atomic E-state index is 12.9. The Balaban J connectivity index is 1.46. The number of hydrogen-bond donors (Lipinski definition) is 1. The standard InChI is InChI=1S/C29H18Cl2N2O3/c30-20-13-14-24(26(31)16-20)29(35)36-27-15-12-19-7-2-4-10-22(19)25(27)17-32-33-28(34)23-11-5-8-18-6-1-3-9-21(18)23/h1-17H,(H,33,34)/b32-17+. The number of nitrogens with zero attached hydrogens (tertiary/aromatic N) is 1. The second-order valence-corrected chi connectivity index (χ2v) is 8.78. The van der Waals surface area contributed by atoms with Gasteiger partial charge < -0.3 is 4.74 Å². The van der Waals surface area contributed by atoms with Gasteiger partial charge in [-0.3, -0.25) is 4.79 Å². The van der Waals surface area contributed by atoms with Crippen LogP contribution in [0.1, 0.15) is 26.3 Å². The molecular weight excluding hydrogens is 495 g/mol. The third-order valence-corrected chi connectivity index (χ3v) is 6.23. The lowest BCUT2D eigenvalue weighted by atomic mass is 10.0. The summed E-state index contributed by atoms with van der Waals surface area (Å²) in [5.41, 5.74) is 3.81. The highest BCUT2D eigenvalue weighted by Crippen LogP contribution is 2.29. The van der Waals surface area contributed by atoms with Gasteiger partial charge in [0.1, 0.15) is 5.75 Å². The average molecular weight is 513 g/mol. The van der Waals surface area contributed by atoms with E-state index in [0.29, 0.717) is 16.1 Å². The van der Waals surface area contributed by atoms with E-state index < -0.39 is 5.97 Å². The molecule has 0 aliphatic rings. The van der Waals surface area contributed by atoms with E-state index >= 15 is 0 Å². The van der Waals surface area contributed by atoms with E-state index in [4.69, 9.17) is 27.9 Å². The molecule has 5 nitrogen and oxygen atoms in total. The highest BCUT2D eigenvalue weighted by Gasteiger charge is 2.17. The van der Waals surface area contributed by atoms with Crippen LogP contribution in [0.25, 0.3) is 21.5 Å². The number of esters is 1. The molecule has 0 aliphatic carbocycles. The Hall–Kier alpha value is -4.19. The fourth-order valence-electron chi connectivity index (χ4n) is 3.95. The van der Waals surface area contributed by atoms with Gasteiger partial charge in [-0.2, -0.15) is 5.10 Å². The summed E-state index contributed by atoms with van der Waals surface area (Å²) in [6.45, 7) is 0. The highest BCUT2D eigenvalue weighted by atomic mass is 35.5. The molecule has 176 valence electrons. The number of fused-ring (bicyclic) bond motifs is 2. The number of hydrogen-bond acceptors (Lipinski definition) is 4. The van der Waals surface area contributed by atoms with Crippen molar-refractivity contribution in [3.63, 3.8) is 0 Å². The maximum Gasteiger partial charge on any atom is 0.345 e. The Kier molecular flexibility index (Phi) is 6.67. The van der Waals surface area contributed by atoms with Crippen LogP contribution in [0.3, 0.4) is 0 Å². The van der Waals surface area contributed by atoms with E-state index in [1.54, 1.807) is 18.2 Å². The van der Waals surface area contributed by atoms with Crippen molar-refractivity contribution in [2.45, 2.75) is 0 Å². The van der Waals surface area contributed by atoms with E-state index in [0.717, 1.165) is 21.5 Å². The first-order valence-corrected chi connectivity index (χ1v) is 11.8. The van der Waals surface area contributed by atoms with Gasteiger partial charge in [0.15, 0.2) is 0 Å². The van der Waals surface area contributed by atoms with Gasteiger partial charge in [-0.1, -0.05) is 89.9 Å². The van der Waals surface area contributed by atoms with Gasteiger partial charge in [-0.15, -0.1) is 0 Å². The number of halogens is 2. The SMILES string of the molecule is O=C(Oc1ccc2ccccc2c1/C=N/NC(=O)c1cccc2ccccc12)c1ccc(Cl)cc1Cl. The van der Waals surface area contributed by atoms with Gasteiger partial charge in [-0.05, 0) is 51.9 Å². The zero-order valence-corrected chi connectivity index (χ0v) is 20.3. The Morgan fingerprint density at radius 3 is 2.22 bits per heavy atom. The van der Waals surface area contributed by atoms with Crippen LogP contribution in [-0.4, -0.2) is 18.1 Å². The van der Waals surface area contributed by atoms with Crippen molar-refractivity contribution in [3.05, 3.63) is 124 Å². The fraction of sp³-hybridized carbons (Fsp3) is 0.